The van der Waals surface area contributed by atoms with E-state index in [2.05, 4.69) is 10.3 Å². The molecule has 0 saturated carbocycles. The zero-order valence-electron chi connectivity index (χ0n) is 14.0. The van der Waals surface area contributed by atoms with Crippen LogP contribution < -0.4 is 5.32 Å². The summed E-state index contributed by atoms with van der Waals surface area (Å²) in [7, 11) is 0. The lowest BCUT2D eigenvalue weighted by Crippen LogP contribution is -2.44. The van der Waals surface area contributed by atoms with Gasteiger partial charge in [-0.05, 0) is 31.0 Å². The van der Waals surface area contributed by atoms with Crippen LogP contribution >= 0.6 is 23.4 Å². The Hall–Kier alpha value is -1.24. The third-order valence-electron chi connectivity index (χ3n) is 4.98. The Morgan fingerprint density at radius 1 is 1.40 bits per heavy atom. The Labute approximate surface area is 156 Å². The molecule has 1 atom stereocenters. The zero-order valence-corrected chi connectivity index (χ0v) is 15.6. The lowest BCUT2D eigenvalue weighted by Gasteiger charge is -2.32. The summed E-state index contributed by atoms with van der Waals surface area (Å²) in [6.07, 6.45) is 2.41. The summed E-state index contributed by atoms with van der Waals surface area (Å²) >= 11 is 7.94. The molecular weight excluding hydrogens is 358 g/mol. The van der Waals surface area contributed by atoms with Crippen LogP contribution in [0.4, 0.5) is 0 Å². The SMILES string of the molecule is O=C(CC1CSCCN1)N1CCC(c2nc3cc(Cl)ccc3o2)CC1. The molecule has 0 radical (unpaired) electrons. The van der Waals surface area contributed by atoms with Gasteiger partial charge < -0.3 is 14.6 Å². The molecule has 0 spiro atoms. The van der Waals surface area contributed by atoms with E-state index < -0.39 is 0 Å². The van der Waals surface area contributed by atoms with E-state index >= 15 is 0 Å². The van der Waals surface area contributed by atoms with Gasteiger partial charge in [0.05, 0.1) is 0 Å². The molecule has 4 rings (SSSR count). The number of benzene rings is 1. The number of hydrogen-bond donors (Lipinski definition) is 1. The van der Waals surface area contributed by atoms with Crippen molar-refractivity contribution in [2.75, 3.05) is 31.1 Å². The topological polar surface area (TPSA) is 58.4 Å². The average molecular weight is 380 g/mol. The number of rotatable bonds is 3. The maximum absolute atomic E-state index is 12.5. The van der Waals surface area contributed by atoms with E-state index in [0.717, 1.165) is 61.0 Å². The number of aromatic nitrogens is 1. The van der Waals surface area contributed by atoms with Gasteiger partial charge in [-0.25, -0.2) is 4.98 Å². The van der Waals surface area contributed by atoms with Gasteiger partial charge in [-0.15, -0.1) is 0 Å². The van der Waals surface area contributed by atoms with Crippen molar-refractivity contribution in [1.29, 1.82) is 0 Å². The fraction of sp³-hybridized carbons (Fsp3) is 0.556. The monoisotopic (exact) mass is 379 g/mol. The van der Waals surface area contributed by atoms with E-state index in [1.165, 1.54) is 0 Å². The number of piperidine rings is 1. The smallest absolute Gasteiger partial charge is 0.224 e. The summed E-state index contributed by atoms with van der Waals surface area (Å²) < 4.78 is 5.89. The van der Waals surface area contributed by atoms with Gasteiger partial charge in [0.2, 0.25) is 5.91 Å². The summed E-state index contributed by atoms with van der Waals surface area (Å²) in [5, 5.41) is 4.11. The number of halogens is 1. The first-order chi connectivity index (χ1) is 12.2. The van der Waals surface area contributed by atoms with Gasteiger partial charge in [0.25, 0.3) is 0 Å². The van der Waals surface area contributed by atoms with Crippen molar-refractivity contribution in [1.82, 2.24) is 15.2 Å². The lowest BCUT2D eigenvalue weighted by atomic mass is 9.96. The molecule has 5 nitrogen and oxygen atoms in total. The maximum atomic E-state index is 12.5. The van der Waals surface area contributed by atoms with E-state index in [-0.39, 0.29) is 11.8 Å². The fourth-order valence-corrected chi connectivity index (χ4v) is 4.67. The van der Waals surface area contributed by atoms with Crippen molar-refractivity contribution in [3.63, 3.8) is 0 Å². The largest absolute Gasteiger partial charge is 0.440 e. The summed E-state index contributed by atoms with van der Waals surface area (Å²) in [6, 6.07) is 5.84. The Morgan fingerprint density at radius 2 is 2.24 bits per heavy atom. The number of thioether (sulfide) groups is 1. The molecule has 1 N–H and O–H groups in total. The van der Waals surface area contributed by atoms with Crippen molar-refractivity contribution in [3.05, 3.63) is 29.1 Å². The van der Waals surface area contributed by atoms with E-state index in [4.69, 9.17) is 16.0 Å². The molecule has 1 aromatic heterocycles. The highest BCUT2D eigenvalue weighted by atomic mass is 35.5. The summed E-state index contributed by atoms with van der Waals surface area (Å²) in [5.74, 6) is 3.50. The molecule has 2 fully saturated rings. The standard InChI is InChI=1S/C18H22ClN3O2S/c19-13-1-2-16-15(9-13)21-18(24-16)12-3-6-22(7-4-12)17(23)10-14-11-25-8-5-20-14/h1-2,9,12,14,20H,3-8,10-11H2. The molecule has 0 aliphatic carbocycles. The maximum Gasteiger partial charge on any atom is 0.224 e. The molecule has 2 aromatic rings. The molecule has 2 aliphatic rings. The van der Waals surface area contributed by atoms with E-state index in [9.17, 15) is 4.79 Å². The molecule has 3 heterocycles. The highest BCUT2D eigenvalue weighted by Gasteiger charge is 2.28. The Balaban J connectivity index is 1.34. The molecule has 1 aromatic carbocycles. The van der Waals surface area contributed by atoms with Crippen molar-refractivity contribution < 1.29 is 9.21 Å². The van der Waals surface area contributed by atoms with Crippen LogP contribution in [-0.2, 0) is 4.79 Å². The molecule has 2 aliphatic heterocycles. The fourth-order valence-electron chi connectivity index (χ4n) is 3.56. The number of amides is 1. The van der Waals surface area contributed by atoms with Crippen molar-refractivity contribution in [2.45, 2.75) is 31.2 Å². The van der Waals surface area contributed by atoms with Crippen LogP contribution in [0.25, 0.3) is 11.1 Å². The first-order valence-corrected chi connectivity index (χ1v) is 10.4. The number of carbonyl (C=O) groups is 1. The first-order valence-electron chi connectivity index (χ1n) is 8.84. The van der Waals surface area contributed by atoms with Crippen LogP contribution in [0.2, 0.25) is 5.02 Å². The predicted molar refractivity (Wildman–Crippen MR) is 101 cm³/mol. The third-order valence-corrected chi connectivity index (χ3v) is 6.35. The second-order valence-electron chi connectivity index (χ2n) is 6.75. The Morgan fingerprint density at radius 3 is 3.00 bits per heavy atom. The van der Waals surface area contributed by atoms with Gasteiger partial charge in [0.15, 0.2) is 11.5 Å². The number of oxazole rings is 1. The third kappa shape index (κ3) is 3.96. The number of fused-ring (bicyclic) bond motifs is 1. The van der Waals surface area contributed by atoms with Gasteiger partial charge in [-0.2, -0.15) is 11.8 Å². The number of nitrogens with one attached hydrogen (secondary N) is 1. The molecule has 134 valence electrons. The molecular formula is C18H22ClN3O2S. The number of likely N-dealkylation sites (tertiary alicyclic amines) is 1. The minimum atomic E-state index is 0.266. The predicted octanol–water partition coefficient (Wildman–Crippen LogP) is 3.28. The minimum Gasteiger partial charge on any atom is -0.440 e. The Bertz CT molecular complexity index is 752. The second kappa shape index (κ2) is 7.56. The van der Waals surface area contributed by atoms with Crippen molar-refractivity contribution >= 4 is 40.4 Å². The minimum absolute atomic E-state index is 0.266. The van der Waals surface area contributed by atoms with Crippen LogP contribution in [-0.4, -0.2) is 53.0 Å². The first kappa shape index (κ1) is 17.2. The molecule has 25 heavy (non-hydrogen) atoms. The van der Waals surface area contributed by atoms with Crippen LogP contribution in [0.3, 0.4) is 0 Å². The second-order valence-corrected chi connectivity index (χ2v) is 8.34. The summed E-state index contributed by atoms with van der Waals surface area (Å²) in [4.78, 5) is 19.1. The molecule has 2 saturated heterocycles. The highest BCUT2D eigenvalue weighted by Crippen LogP contribution is 2.31. The van der Waals surface area contributed by atoms with Crippen LogP contribution in [0, 0.1) is 0 Å². The molecule has 0 bridgehead atoms. The zero-order chi connectivity index (χ0) is 17.2. The van der Waals surface area contributed by atoms with Gasteiger partial charge in [0, 0.05) is 54.5 Å². The van der Waals surface area contributed by atoms with Crippen LogP contribution in [0.1, 0.15) is 31.1 Å². The van der Waals surface area contributed by atoms with Gasteiger partial charge in [0.1, 0.15) is 5.52 Å². The number of carbonyl (C=O) groups excluding carboxylic acids is 1. The van der Waals surface area contributed by atoms with Crippen LogP contribution in [0.15, 0.2) is 22.6 Å². The van der Waals surface area contributed by atoms with E-state index in [1.54, 1.807) is 0 Å². The van der Waals surface area contributed by atoms with Crippen molar-refractivity contribution in [2.24, 2.45) is 0 Å². The number of nitrogens with zero attached hydrogens (tertiary/aromatic N) is 2. The van der Waals surface area contributed by atoms with Gasteiger partial charge in [-0.3, -0.25) is 4.79 Å². The normalized spacial score (nSPS) is 22.4. The highest BCUT2D eigenvalue weighted by molar-refractivity contribution is 7.99. The van der Waals surface area contributed by atoms with E-state index in [0.29, 0.717) is 17.5 Å². The van der Waals surface area contributed by atoms with Crippen LogP contribution in [0.5, 0.6) is 0 Å². The quantitative estimate of drug-likeness (QED) is 0.886. The summed E-state index contributed by atoms with van der Waals surface area (Å²) in [5.41, 5.74) is 1.58. The van der Waals surface area contributed by atoms with Gasteiger partial charge >= 0.3 is 0 Å². The average Bonchev–Trinajstić information content (AvgIpc) is 3.06. The molecule has 1 amide bonds. The number of hydrogen-bond acceptors (Lipinski definition) is 5. The van der Waals surface area contributed by atoms with Crippen molar-refractivity contribution in [3.8, 4) is 0 Å². The van der Waals surface area contributed by atoms with Gasteiger partial charge in [-0.1, -0.05) is 11.6 Å². The summed E-state index contributed by atoms with van der Waals surface area (Å²) in [6.45, 7) is 2.57. The van der Waals surface area contributed by atoms with E-state index in [1.807, 2.05) is 34.9 Å². The Kier molecular flexibility index (Phi) is 5.20. The lowest BCUT2D eigenvalue weighted by molar-refractivity contribution is -0.132. The molecule has 7 heteroatoms. The molecule has 1 unspecified atom stereocenters.